The Morgan fingerprint density at radius 1 is 0.356 bits per heavy atom. The first-order chi connectivity index (χ1) is 29.2. The highest BCUT2D eigenvalue weighted by atomic mass is 15.1. The zero-order valence-electron chi connectivity index (χ0n) is 32.4. The van der Waals surface area contributed by atoms with Crippen molar-refractivity contribution in [3.63, 3.8) is 0 Å². The van der Waals surface area contributed by atoms with Gasteiger partial charge in [0.2, 0.25) is 0 Å². The summed E-state index contributed by atoms with van der Waals surface area (Å²) >= 11 is 0. The molecule has 9 aromatic carbocycles. The second-order valence-corrected chi connectivity index (χ2v) is 14.8. The number of fused-ring (bicyclic) bond motifs is 1. The minimum Gasteiger partial charge on any atom is -0.454 e. The highest BCUT2D eigenvalue weighted by Crippen LogP contribution is 2.41. The quantitative estimate of drug-likeness (QED) is 0.144. The van der Waals surface area contributed by atoms with Crippen LogP contribution in [0.5, 0.6) is 0 Å². The third-order valence-electron chi connectivity index (χ3n) is 11.1. The van der Waals surface area contributed by atoms with Crippen molar-refractivity contribution >= 4 is 39.4 Å². The lowest BCUT2D eigenvalue weighted by Crippen LogP contribution is -2.10. The first kappa shape index (κ1) is 35.6. The molecule has 1 aliphatic heterocycles. The summed E-state index contributed by atoms with van der Waals surface area (Å²) in [4.78, 5) is 7.50. The van der Waals surface area contributed by atoms with Crippen LogP contribution in [0.4, 0.5) is 17.1 Å². The summed E-state index contributed by atoms with van der Waals surface area (Å²) in [5.74, 6) is 0.731. The van der Waals surface area contributed by atoms with Crippen LogP contribution in [0.2, 0.25) is 0 Å². The van der Waals surface area contributed by atoms with E-state index in [1.54, 1.807) is 0 Å². The molecule has 280 valence electrons. The summed E-state index contributed by atoms with van der Waals surface area (Å²) in [6.45, 7) is 0. The van der Waals surface area contributed by atoms with Crippen molar-refractivity contribution in [1.82, 2.24) is 0 Å². The summed E-state index contributed by atoms with van der Waals surface area (Å²) in [7, 11) is 0. The molecule has 0 bridgehead atoms. The smallest absolute Gasteiger partial charge is 0.0540 e. The van der Waals surface area contributed by atoms with E-state index in [-0.39, 0.29) is 6.04 Å². The van der Waals surface area contributed by atoms with Gasteiger partial charge < -0.3 is 15.2 Å². The van der Waals surface area contributed by atoms with Crippen LogP contribution >= 0.6 is 0 Å². The molecule has 0 spiro atoms. The molecule has 0 aliphatic carbocycles. The van der Waals surface area contributed by atoms with Gasteiger partial charge in [0.05, 0.1) is 5.69 Å². The van der Waals surface area contributed by atoms with Gasteiger partial charge in [-0.1, -0.05) is 212 Å². The van der Waals surface area contributed by atoms with Crippen LogP contribution in [0.15, 0.2) is 242 Å². The summed E-state index contributed by atoms with van der Waals surface area (Å²) in [6, 6.07) is 81.5. The molecule has 1 atom stereocenters. The Morgan fingerprint density at radius 2 is 0.780 bits per heavy atom. The SMILES string of the molecule is C1=C(c2ccc(-c3ccccc3)cc2)N=C(c2ccc(-c3ccc(N(c4ccc(-c5ccccc5)cc4)c4cccc5ccccc45)cc3)cc2)[N-]C1c1ccccc1. The highest BCUT2D eigenvalue weighted by Gasteiger charge is 2.17. The van der Waals surface area contributed by atoms with E-state index < -0.39 is 0 Å². The number of benzene rings is 9. The number of aliphatic imine (C=N–C) groups is 1. The van der Waals surface area contributed by atoms with Crippen LogP contribution in [-0.2, 0) is 0 Å². The van der Waals surface area contributed by atoms with Crippen molar-refractivity contribution in [1.29, 1.82) is 0 Å². The van der Waals surface area contributed by atoms with Crippen molar-refractivity contribution in [2.24, 2.45) is 4.99 Å². The Bertz CT molecular complexity index is 2890. The summed E-state index contributed by atoms with van der Waals surface area (Å²) in [5, 5.41) is 7.58. The molecule has 1 aliphatic rings. The summed E-state index contributed by atoms with van der Waals surface area (Å²) in [5.41, 5.74) is 14.5. The molecule has 9 aromatic rings. The van der Waals surface area contributed by atoms with Crippen LogP contribution in [0.3, 0.4) is 0 Å². The first-order valence-electron chi connectivity index (χ1n) is 20.1. The van der Waals surface area contributed by atoms with Crippen molar-refractivity contribution in [2.75, 3.05) is 4.90 Å². The molecule has 10 rings (SSSR count). The Labute approximate surface area is 345 Å². The number of hydrogen-bond donors (Lipinski definition) is 0. The monoisotopic (exact) mass is 754 g/mol. The Hall–Kier alpha value is -7.75. The van der Waals surface area contributed by atoms with Crippen LogP contribution in [0, 0.1) is 0 Å². The number of nitrogens with zero attached hydrogens (tertiary/aromatic N) is 3. The standard InChI is InChI=1S/C56H40N3/c1-4-13-40(14-5-1)42-23-27-48(28-24-42)54-39-53(47-18-8-3-9-19-47)57-56(58-54)49-29-25-43(26-30-49)45-33-37-51(38-34-45)59(55-22-12-20-46-17-10-11-21-52(46)55)50-35-31-44(32-36-50)41-15-6-2-7-16-41/h1-39,53H/q-1. The summed E-state index contributed by atoms with van der Waals surface area (Å²) in [6.07, 6.45) is 2.17. The van der Waals surface area contributed by atoms with Gasteiger partial charge in [0.25, 0.3) is 0 Å². The van der Waals surface area contributed by atoms with Gasteiger partial charge in [-0.2, -0.15) is 0 Å². The van der Waals surface area contributed by atoms with Crippen LogP contribution in [-0.4, -0.2) is 5.84 Å². The molecule has 0 radical (unpaired) electrons. The van der Waals surface area contributed by atoms with Crippen LogP contribution < -0.4 is 4.90 Å². The van der Waals surface area contributed by atoms with E-state index in [0.717, 1.165) is 56.4 Å². The van der Waals surface area contributed by atoms with Gasteiger partial charge >= 0.3 is 0 Å². The van der Waals surface area contributed by atoms with E-state index in [2.05, 4.69) is 229 Å². The van der Waals surface area contributed by atoms with E-state index >= 15 is 0 Å². The Balaban J connectivity index is 0.952. The first-order valence-corrected chi connectivity index (χ1v) is 20.1. The molecule has 0 amide bonds. The fourth-order valence-electron chi connectivity index (χ4n) is 7.96. The highest BCUT2D eigenvalue weighted by molar-refractivity contribution is 6.12. The molecule has 0 fully saturated rings. The zero-order chi connectivity index (χ0) is 39.4. The molecule has 59 heavy (non-hydrogen) atoms. The molecular weight excluding hydrogens is 715 g/mol. The molecule has 3 heteroatoms. The van der Waals surface area contributed by atoms with Crippen LogP contribution in [0.1, 0.15) is 22.7 Å². The molecular formula is C56H40N3-. The largest absolute Gasteiger partial charge is 0.454 e. The van der Waals surface area contributed by atoms with Crippen molar-refractivity contribution in [2.45, 2.75) is 6.04 Å². The maximum absolute atomic E-state index is 5.17. The number of rotatable bonds is 9. The van der Waals surface area contributed by atoms with E-state index in [1.165, 1.54) is 33.0 Å². The van der Waals surface area contributed by atoms with Gasteiger partial charge in [-0.3, -0.25) is 0 Å². The van der Waals surface area contributed by atoms with Gasteiger partial charge in [0, 0.05) is 22.8 Å². The third-order valence-corrected chi connectivity index (χ3v) is 11.1. The number of anilines is 3. The average Bonchev–Trinajstić information content (AvgIpc) is 3.33. The van der Waals surface area contributed by atoms with Gasteiger partial charge in [-0.25, -0.2) is 0 Å². The molecule has 1 unspecified atom stereocenters. The maximum Gasteiger partial charge on any atom is 0.0540 e. The van der Waals surface area contributed by atoms with E-state index in [9.17, 15) is 0 Å². The van der Waals surface area contributed by atoms with Gasteiger partial charge in [0.15, 0.2) is 0 Å². The maximum atomic E-state index is 5.17. The fourth-order valence-corrected chi connectivity index (χ4v) is 7.96. The second-order valence-electron chi connectivity index (χ2n) is 14.8. The lowest BCUT2D eigenvalue weighted by molar-refractivity contribution is 1.04. The van der Waals surface area contributed by atoms with Crippen molar-refractivity contribution in [3.8, 4) is 33.4 Å². The predicted molar refractivity (Wildman–Crippen MR) is 248 cm³/mol. The third kappa shape index (κ3) is 7.46. The topological polar surface area (TPSA) is 29.7 Å². The van der Waals surface area contributed by atoms with Crippen molar-refractivity contribution in [3.05, 3.63) is 259 Å². The minimum atomic E-state index is -0.140. The lowest BCUT2D eigenvalue weighted by atomic mass is 9.98. The molecule has 0 aromatic heterocycles. The van der Waals surface area contributed by atoms with Crippen molar-refractivity contribution < 1.29 is 0 Å². The van der Waals surface area contributed by atoms with E-state index in [4.69, 9.17) is 10.3 Å². The van der Waals surface area contributed by atoms with Gasteiger partial charge in [-0.15, -0.1) is 0 Å². The van der Waals surface area contributed by atoms with Gasteiger partial charge in [0.1, 0.15) is 0 Å². The second kappa shape index (κ2) is 16.0. The van der Waals surface area contributed by atoms with Crippen LogP contribution in [0.25, 0.3) is 55.2 Å². The predicted octanol–water partition coefficient (Wildman–Crippen LogP) is 15.2. The van der Waals surface area contributed by atoms with Gasteiger partial charge in [-0.05, 0) is 91.5 Å². The zero-order valence-corrected chi connectivity index (χ0v) is 32.4. The number of hydrogen-bond acceptors (Lipinski definition) is 2. The van der Waals surface area contributed by atoms with E-state index in [0.29, 0.717) is 0 Å². The number of amidine groups is 1. The average molecular weight is 755 g/mol. The normalized spacial score (nSPS) is 13.6. The Morgan fingerprint density at radius 3 is 1.34 bits per heavy atom. The summed E-state index contributed by atoms with van der Waals surface area (Å²) < 4.78 is 0. The molecule has 0 saturated heterocycles. The lowest BCUT2D eigenvalue weighted by Gasteiger charge is -2.33. The molecule has 0 saturated carbocycles. The Kier molecular flexibility index (Phi) is 9.67. The minimum absolute atomic E-state index is 0.140. The molecule has 0 N–H and O–H groups in total. The molecule has 1 heterocycles. The van der Waals surface area contributed by atoms with E-state index in [1.807, 2.05) is 12.1 Å². The molecule has 3 nitrogen and oxygen atoms in total. The fraction of sp³-hybridized carbons (Fsp3) is 0.0179.